The number of aliphatic carboxylic acids is 1. The number of benzene rings is 1. The zero-order valence-corrected chi connectivity index (χ0v) is 14.0. The maximum absolute atomic E-state index is 12.2. The van der Waals surface area contributed by atoms with Crippen LogP contribution in [0.25, 0.3) is 0 Å². The summed E-state index contributed by atoms with van der Waals surface area (Å²) in [5, 5.41) is 12.6. The molecule has 1 fully saturated rings. The molecule has 1 aromatic carbocycles. The van der Waals surface area contributed by atoms with E-state index < -0.39 is 11.4 Å². The lowest BCUT2D eigenvalue weighted by Crippen LogP contribution is -2.42. The third-order valence-corrected chi connectivity index (χ3v) is 4.46. The monoisotopic (exact) mass is 340 g/mol. The van der Waals surface area contributed by atoms with E-state index in [1.54, 1.807) is 26.2 Å². The van der Waals surface area contributed by atoms with Gasteiger partial charge < -0.3 is 20.1 Å². The Bertz CT molecular complexity index is 595. The van der Waals surface area contributed by atoms with Gasteiger partial charge in [0.25, 0.3) is 0 Å². The Morgan fingerprint density at radius 2 is 2.26 bits per heavy atom. The van der Waals surface area contributed by atoms with Gasteiger partial charge in [0, 0.05) is 31.8 Å². The van der Waals surface area contributed by atoms with E-state index in [1.165, 1.54) is 4.90 Å². The van der Waals surface area contributed by atoms with Crippen molar-refractivity contribution in [1.29, 1.82) is 0 Å². The number of rotatable bonds is 5. The Morgan fingerprint density at radius 1 is 1.52 bits per heavy atom. The van der Waals surface area contributed by atoms with Crippen molar-refractivity contribution in [3.8, 4) is 0 Å². The second-order valence-corrected chi connectivity index (χ2v) is 6.44. The number of nitrogens with zero attached hydrogens (tertiary/aromatic N) is 1. The molecule has 1 aliphatic rings. The first-order valence-electron chi connectivity index (χ1n) is 7.40. The van der Waals surface area contributed by atoms with Gasteiger partial charge in [-0.05, 0) is 31.0 Å². The zero-order chi connectivity index (χ0) is 17.0. The first kappa shape index (κ1) is 17.6. The zero-order valence-electron chi connectivity index (χ0n) is 13.2. The minimum Gasteiger partial charge on any atom is -0.481 e. The molecule has 1 aliphatic heterocycles. The lowest BCUT2D eigenvalue weighted by molar-refractivity contribution is -0.147. The first-order valence-corrected chi connectivity index (χ1v) is 7.78. The van der Waals surface area contributed by atoms with Gasteiger partial charge in [0.1, 0.15) is 0 Å². The molecule has 0 spiro atoms. The fraction of sp³-hybridized carbons (Fsp3) is 0.500. The number of methoxy groups -OCH3 is 1. The van der Waals surface area contributed by atoms with E-state index in [0.717, 1.165) is 5.56 Å². The van der Waals surface area contributed by atoms with Crippen LogP contribution in [-0.2, 0) is 9.53 Å². The number of ether oxygens (including phenoxy) is 1. The molecule has 2 N–H and O–H groups in total. The fourth-order valence-electron chi connectivity index (χ4n) is 2.64. The van der Waals surface area contributed by atoms with Crippen molar-refractivity contribution in [3.63, 3.8) is 0 Å². The van der Waals surface area contributed by atoms with Crippen molar-refractivity contribution < 1.29 is 19.4 Å². The number of carboxylic acids is 1. The molecule has 2 rings (SSSR count). The molecule has 2 atom stereocenters. The summed E-state index contributed by atoms with van der Waals surface area (Å²) in [5.41, 5.74) is 0.00223. The molecule has 2 unspecified atom stereocenters. The number of carbonyl (C=O) groups excluding carboxylic acids is 1. The number of halogens is 1. The predicted octanol–water partition coefficient (Wildman–Crippen LogP) is 2.53. The van der Waals surface area contributed by atoms with Gasteiger partial charge in [-0.15, -0.1) is 0 Å². The molecular formula is C16H21ClN2O4. The van der Waals surface area contributed by atoms with Crippen LogP contribution in [0, 0.1) is 5.41 Å². The Morgan fingerprint density at radius 3 is 2.83 bits per heavy atom. The standard InChI is InChI=1S/C16H21ClN2O4/c1-16(14(20)21)6-7-19(10-16)15(22)18-9-13(23-2)11-4-3-5-12(17)8-11/h3-5,8,13H,6-7,9-10H2,1-2H3,(H,18,22)(H,20,21). The maximum atomic E-state index is 12.2. The number of carbonyl (C=O) groups is 2. The fourth-order valence-corrected chi connectivity index (χ4v) is 2.84. The first-order chi connectivity index (χ1) is 10.9. The quantitative estimate of drug-likeness (QED) is 0.863. The van der Waals surface area contributed by atoms with Crippen LogP contribution in [0.2, 0.25) is 5.02 Å². The van der Waals surface area contributed by atoms with Gasteiger partial charge >= 0.3 is 12.0 Å². The van der Waals surface area contributed by atoms with E-state index in [9.17, 15) is 14.7 Å². The van der Waals surface area contributed by atoms with E-state index in [-0.39, 0.29) is 25.2 Å². The van der Waals surface area contributed by atoms with Crippen molar-refractivity contribution in [2.75, 3.05) is 26.7 Å². The van der Waals surface area contributed by atoms with E-state index in [0.29, 0.717) is 18.0 Å². The second-order valence-electron chi connectivity index (χ2n) is 6.00. The van der Waals surface area contributed by atoms with Gasteiger partial charge in [0.05, 0.1) is 11.5 Å². The van der Waals surface area contributed by atoms with Crippen molar-refractivity contribution in [2.45, 2.75) is 19.4 Å². The third-order valence-electron chi connectivity index (χ3n) is 4.22. The Labute approximate surface area is 140 Å². The number of urea groups is 1. The maximum Gasteiger partial charge on any atom is 0.317 e. The summed E-state index contributed by atoms with van der Waals surface area (Å²) in [6, 6.07) is 6.99. The van der Waals surface area contributed by atoms with Crippen LogP contribution in [0.4, 0.5) is 4.79 Å². The lowest BCUT2D eigenvalue weighted by Gasteiger charge is -2.22. The molecule has 1 heterocycles. The average Bonchev–Trinajstić information content (AvgIpc) is 2.92. The highest BCUT2D eigenvalue weighted by molar-refractivity contribution is 6.30. The van der Waals surface area contributed by atoms with Gasteiger partial charge in [-0.1, -0.05) is 23.7 Å². The largest absolute Gasteiger partial charge is 0.481 e. The molecule has 1 saturated heterocycles. The van der Waals surface area contributed by atoms with E-state index >= 15 is 0 Å². The van der Waals surface area contributed by atoms with E-state index in [4.69, 9.17) is 16.3 Å². The highest BCUT2D eigenvalue weighted by Crippen LogP contribution is 2.30. The second kappa shape index (κ2) is 7.19. The summed E-state index contributed by atoms with van der Waals surface area (Å²) >= 11 is 5.97. The minimum absolute atomic E-state index is 0.211. The topological polar surface area (TPSA) is 78.9 Å². The number of likely N-dealkylation sites (tertiary alicyclic amines) is 1. The summed E-state index contributed by atoms with van der Waals surface area (Å²) < 4.78 is 5.40. The molecule has 0 aliphatic carbocycles. The van der Waals surface area contributed by atoms with Crippen molar-refractivity contribution in [3.05, 3.63) is 34.9 Å². The van der Waals surface area contributed by atoms with Crippen LogP contribution in [0.1, 0.15) is 25.0 Å². The lowest BCUT2D eigenvalue weighted by atomic mass is 9.90. The van der Waals surface area contributed by atoms with Crippen LogP contribution in [0.3, 0.4) is 0 Å². The number of hydrogen-bond acceptors (Lipinski definition) is 3. The average molecular weight is 341 g/mol. The van der Waals surface area contributed by atoms with Gasteiger partial charge in [0.15, 0.2) is 0 Å². The summed E-state index contributed by atoms with van der Waals surface area (Å²) in [6.07, 6.45) is 0.142. The molecule has 23 heavy (non-hydrogen) atoms. The Balaban J connectivity index is 1.92. The van der Waals surface area contributed by atoms with Crippen LogP contribution in [0.5, 0.6) is 0 Å². The van der Waals surface area contributed by atoms with Crippen LogP contribution in [-0.4, -0.2) is 48.8 Å². The summed E-state index contributed by atoms with van der Waals surface area (Å²) in [4.78, 5) is 25.0. The minimum atomic E-state index is -0.874. The Kier molecular flexibility index (Phi) is 5.49. The van der Waals surface area contributed by atoms with Crippen LogP contribution in [0.15, 0.2) is 24.3 Å². The molecule has 7 heteroatoms. The van der Waals surface area contributed by atoms with Crippen molar-refractivity contribution in [2.24, 2.45) is 5.41 Å². The normalized spacial score (nSPS) is 22.0. The summed E-state index contributed by atoms with van der Waals surface area (Å²) in [6.45, 7) is 2.59. The highest BCUT2D eigenvalue weighted by atomic mass is 35.5. The molecule has 1 aromatic rings. The van der Waals surface area contributed by atoms with Crippen LogP contribution < -0.4 is 5.32 Å². The molecular weight excluding hydrogens is 320 g/mol. The molecule has 6 nitrogen and oxygen atoms in total. The Hall–Kier alpha value is -1.79. The molecule has 2 amide bonds. The SMILES string of the molecule is COC(CNC(=O)N1CCC(C)(C(=O)O)C1)c1cccc(Cl)c1. The summed E-state index contributed by atoms with van der Waals surface area (Å²) in [7, 11) is 1.56. The molecule has 0 aromatic heterocycles. The number of carboxylic acid groups (broad SMARTS) is 1. The number of amides is 2. The van der Waals surface area contributed by atoms with Crippen molar-refractivity contribution >= 4 is 23.6 Å². The summed E-state index contributed by atoms with van der Waals surface area (Å²) in [5.74, 6) is -0.874. The molecule has 0 bridgehead atoms. The van der Waals surface area contributed by atoms with Crippen LogP contribution >= 0.6 is 11.6 Å². The van der Waals surface area contributed by atoms with Gasteiger partial charge in [-0.25, -0.2) is 4.79 Å². The van der Waals surface area contributed by atoms with Gasteiger partial charge in [0.2, 0.25) is 0 Å². The van der Waals surface area contributed by atoms with Crippen molar-refractivity contribution in [1.82, 2.24) is 10.2 Å². The molecule has 0 saturated carbocycles. The third kappa shape index (κ3) is 4.14. The molecule has 0 radical (unpaired) electrons. The number of hydrogen-bond donors (Lipinski definition) is 2. The molecule has 126 valence electrons. The van der Waals surface area contributed by atoms with E-state index in [1.807, 2.05) is 12.1 Å². The van der Waals surface area contributed by atoms with Gasteiger partial charge in [-0.2, -0.15) is 0 Å². The van der Waals surface area contributed by atoms with E-state index in [2.05, 4.69) is 5.32 Å². The predicted molar refractivity (Wildman–Crippen MR) is 86.5 cm³/mol. The van der Waals surface area contributed by atoms with Gasteiger partial charge in [-0.3, -0.25) is 4.79 Å². The smallest absolute Gasteiger partial charge is 0.317 e. The number of nitrogens with one attached hydrogen (secondary N) is 1. The highest BCUT2D eigenvalue weighted by Gasteiger charge is 2.42.